The van der Waals surface area contributed by atoms with Gasteiger partial charge < -0.3 is 16.0 Å². The first-order chi connectivity index (χ1) is 16.0. The summed E-state index contributed by atoms with van der Waals surface area (Å²) in [4.78, 5) is 21.2. The zero-order valence-corrected chi connectivity index (χ0v) is 18.6. The topological polar surface area (TPSA) is 112 Å². The summed E-state index contributed by atoms with van der Waals surface area (Å²) in [6.45, 7) is 4.74. The summed E-state index contributed by atoms with van der Waals surface area (Å²) in [5.41, 5.74) is 8.58. The fraction of sp³-hybridized carbons (Fsp3) is 0.167. The minimum absolute atomic E-state index is 0.256. The molecular formula is C24H24N8O. The molecule has 5 rings (SSSR count). The van der Waals surface area contributed by atoms with Crippen molar-refractivity contribution in [2.24, 2.45) is 0 Å². The van der Waals surface area contributed by atoms with Gasteiger partial charge in [-0.1, -0.05) is 12.1 Å². The number of carbonyl (C=O) groups is 1. The largest absolute Gasteiger partial charge is 0.361 e. The molecular weight excluding hydrogens is 416 g/mol. The van der Waals surface area contributed by atoms with E-state index in [4.69, 9.17) is 9.97 Å². The summed E-state index contributed by atoms with van der Waals surface area (Å²) in [6.07, 6.45) is 3.58. The number of benzene rings is 2. The lowest BCUT2D eigenvalue weighted by Gasteiger charge is -2.13. The third kappa shape index (κ3) is 3.84. The summed E-state index contributed by atoms with van der Waals surface area (Å²) >= 11 is 0. The summed E-state index contributed by atoms with van der Waals surface area (Å²) in [5, 5.41) is 15.7. The van der Waals surface area contributed by atoms with Gasteiger partial charge in [-0.15, -0.1) is 0 Å². The van der Waals surface area contributed by atoms with E-state index >= 15 is 0 Å². The molecule has 3 aromatic heterocycles. The van der Waals surface area contributed by atoms with Gasteiger partial charge in [0.25, 0.3) is 0 Å². The molecule has 0 saturated heterocycles. The number of carbonyl (C=O) groups excluding carboxylic acids is 1. The van der Waals surface area contributed by atoms with E-state index in [0.717, 1.165) is 33.6 Å². The minimum atomic E-state index is -0.256. The molecule has 0 aliphatic carbocycles. The third-order valence-corrected chi connectivity index (χ3v) is 5.71. The predicted molar refractivity (Wildman–Crippen MR) is 129 cm³/mol. The number of aromatic nitrogens is 5. The van der Waals surface area contributed by atoms with Crippen LogP contribution in [0.1, 0.15) is 16.8 Å². The van der Waals surface area contributed by atoms with Crippen LogP contribution in [0.15, 0.2) is 54.9 Å². The maximum absolute atomic E-state index is 11.6. The molecule has 2 aromatic carbocycles. The number of aryl methyl sites for hydroxylation is 2. The molecule has 9 heteroatoms. The van der Waals surface area contributed by atoms with Gasteiger partial charge in [0.1, 0.15) is 0 Å². The molecule has 0 fully saturated rings. The average Bonchev–Trinajstić information content (AvgIpc) is 3.49. The Bertz CT molecular complexity index is 1450. The molecule has 4 N–H and O–H groups in total. The number of urea groups is 1. The maximum Gasteiger partial charge on any atom is 0.318 e. The van der Waals surface area contributed by atoms with Crippen LogP contribution in [-0.4, -0.2) is 37.6 Å². The molecule has 33 heavy (non-hydrogen) atoms. The second kappa shape index (κ2) is 8.27. The molecule has 0 spiro atoms. The van der Waals surface area contributed by atoms with Crippen molar-refractivity contribution >= 4 is 34.2 Å². The van der Waals surface area contributed by atoms with Crippen LogP contribution in [-0.2, 0) is 6.54 Å². The van der Waals surface area contributed by atoms with E-state index in [0.29, 0.717) is 18.1 Å². The van der Waals surface area contributed by atoms with Crippen LogP contribution in [0.4, 0.5) is 16.3 Å². The van der Waals surface area contributed by atoms with E-state index in [-0.39, 0.29) is 6.03 Å². The number of rotatable bonds is 5. The Morgan fingerprint density at radius 2 is 1.88 bits per heavy atom. The minimum Gasteiger partial charge on any atom is -0.361 e. The zero-order chi connectivity index (χ0) is 22.9. The van der Waals surface area contributed by atoms with E-state index in [1.807, 2.05) is 36.5 Å². The van der Waals surface area contributed by atoms with Crippen LogP contribution in [0.25, 0.3) is 27.9 Å². The summed E-state index contributed by atoms with van der Waals surface area (Å²) in [7, 11) is 1.59. The number of nitrogens with one attached hydrogen (secondary N) is 4. The molecule has 0 radical (unpaired) electrons. The van der Waals surface area contributed by atoms with Crippen LogP contribution < -0.4 is 16.0 Å². The Balaban J connectivity index is 1.63. The van der Waals surface area contributed by atoms with Gasteiger partial charge in [-0.3, -0.25) is 9.50 Å². The second-order valence-electron chi connectivity index (χ2n) is 7.90. The Hall–Kier alpha value is -4.40. The van der Waals surface area contributed by atoms with Crippen molar-refractivity contribution in [1.29, 1.82) is 0 Å². The summed E-state index contributed by atoms with van der Waals surface area (Å²) in [6, 6.07) is 13.6. The monoisotopic (exact) mass is 440 g/mol. The molecule has 5 aromatic rings. The molecule has 0 unspecified atom stereocenters. The van der Waals surface area contributed by atoms with E-state index in [9.17, 15) is 4.79 Å². The van der Waals surface area contributed by atoms with Crippen LogP contribution in [0, 0.1) is 13.8 Å². The van der Waals surface area contributed by atoms with Gasteiger partial charge in [0.05, 0.1) is 35.2 Å². The van der Waals surface area contributed by atoms with Crippen LogP contribution in [0.5, 0.6) is 0 Å². The Morgan fingerprint density at radius 1 is 1.09 bits per heavy atom. The number of nitrogens with zero attached hydrogens (tertiary/aromatic N) is 4. The van der Waals surface area contributed by atoms with Crippen molar-refractivity contribution < 1.29 is 4.79 Å². The van der Waals surface area contributed by atoms with Gasteiger partial charge in [-0.2, -0.15) is 5.10 Å². The lowest BCUT2D eigenvalue weighted by atomic mass is 10.1. The third-order valence-electron chi connectivity index (χ3n) is 5.71. The smallest absolute Gasteiger partial charge is 0.318 e. The van der Waals surface area contributed by atoms with E-state index in [1.54, 1.807) is 13.2 Å². The van der Waals surface area contributed by atoms with Crippen LogP contribution in [0.2, 0.25) is 0 Å². The molecule has 0 atom stereocenters. The number of hydrogen-bond acceptors (Lipinski definition) is 5. The number of aromatic amines is 1. The van der Waals surface area contributed by atoms with Gasteiger partial charge in [0, 0.05) is 24.5 Å². The fourth-order valence-corrected chi connectivity index (χ4v) is 3.79. The Kier molecular flexibility index (Phi) is 5.14. The number of anilines is 2. The van der Waals surface area contributed by atoms with Crippen LogP contribution >= 0.6 is 0 Å². The molecule has 9 nitrogen and oxygen atoms in total. The first-order valence-electron chi connectivity index (χ1n) is 10.6. The Morgan fingerprint density at radius 3 is 2.61 bits per heavy atom. The van der Waals surface area contributed by atoms with Gasteiger partial charge >= 0.3 is 6.03 Å². The van der Waals surface area contributed by atoms with Crippen molar-refractivity contribution in [3.05, 3.63) is 71.7 Å². The average molecular weight is 441 g/mol. The second-order valence-corrected chi connectivity index (χ2v) is 7.90. The highest BCUT2D eigenvalue weighted by Crippen LogP contribution is 2.30. The summed E-state index contributed by atoms with van der Waals surface area (Å²) < 4.78 is 2.13. The van der Waals surface area contributed by atoms with Gasteiger partial charge in [0.15, 0.2) is 11.5 Å². The fourth-order valence-electron chi connectivity index (χ4n) is 3.79. The number of imidazole rings is 1. The molecule has 166 valence electrons. The van der Waals surface area contributed by atoms with E-state index < -0.39 is 0 Å². The highest BCUT2D eigenvalue weighted by atomic mass is 16.2. The lowest BCUT2D eigenvalue weighted by Crippen LogP contribution is -2.24. The van der Waals surface area contributed by atoms with E-state index in [2.05, 4.69) is 56.5 Å². The zero-order valence-electron chi connectivity index (χ0n) is 18.6. The molecule has 0 aliphatic heterocycles. The lowest BCUT2D eigenvalue weighted by molar-refractivity contribution is 0.254. The van der Waals surface area contributed by atoms with Gasteiger partial charge in [0.2, 0.25) is 0 Å². The van der Waals surface area contributed by atoms with Gasteiger partial charge in [-0.05, 0) is 55.3 Å². The number of H-pyrrole nitrogens is 1. The van der Waals surface area contributed by atoms with Crippen molar-refractivity contribution in [2.45, 2.75) is 20.4 Å². The Labute approximate surface area is 190 Å². The standard InChI is InChI=1S/C24H24N8O/c1-14-10-19-20(11-15(14)2)32-21(16-4-6-17(7-5-16)29-24(33)25-3)13-27-23(32)22(30-19)26-12-18-8-9-28-31-18/h4-11,13H,12H2,1-3H3,(H,26,30)(H,28,31)(H2,25,29,33). The number of amides is 2. The molecule has 0 bridgehead atoms. The first kappa shape index (κ1) is 20.5. The van der Waals surface area contributed by atoms with Crippen molar-refractivity contribution in [3.8, 4) is 11.3 Å². The molecule has 3 heterocycles. The summed E-state index contributed by atoms with van der Waals surface area (Å²) in [5.74, 6) is 0.699. The SMILES string of the molecule is CNC(=O)Nc1ccc(-c2cnc3c(NCc4ccn[nH]4)nc4cc(C)c(C)cc4n23)cc1. The van der Waals surface area contributed by atoms with E-state index in [1.165, 1.54) is 11.1 Å². The molecule has 2 amide bonds. The van der Waals surface area contributed by atoms with Gasteiger partial charge in [-0.25, -0.2) is 14.8 Å². The van der Waals surface area contributed by atoms with Crippen molar-refractivity contribution in [2.75, 3.05) is 17.7 Å². The number of hydrogen-bond donors (Lipinski definition) is 4. The maximum atomic E-state index is 11.6. The normalized spacial score (nSPS) is 11.1. The van der Waals surface area contributed by atoms with Crippen LogP contribution in [0.3, 0.4) is 0 Å². The quantitative estimate of drug-likeness (QED) is 0.326. The predicted octanol–water partition coefficient (Wildman–Crippen LogP) is 4.25. The molecule has 0 aliphatic rings. The van der Waals surface area contributed by atoms with Crippen molar-refractivity contribution in [1.82, 2.24) is 29.9 Å². The first-order valence-corrected chi connectivity index (χ1v) is 10.6. The highest BCUT2D eigenvalue weighted by Gasteiger charge is 2.16. The highest BCUT2D eigenvalue weighted by molar-refractivity contribution is 5.90. The number of fused-ring (bicyclic) bond motifs is 3. The molecule has 0 saturated carbocycles. The van der Waals surface area contributed by atoms with Crippen molar-refractivity contribution in [3.63, 3.8) is 0 Å².